The number of fused-ring (bicyclic) bond motifs is 2. The Balaban J connectivity index is 1.56. The number of likely N-dealkylation sites (N-methyl/N-ethyl adjacent to an activating group) is 1. The summed E-state index contributed by atoms with van der Waals surface area (Å²) >= 11 is 0. The van der Waals surface area contributed by atoms with Crippen LogP contribution in [0.2, 0.25) is 0 Å². The number of methoxy groups -OCH3 is 1. The van der Waals surface area contributed by atoms with E-state index in [1.54, 1.807) is 17.6 Å². The first-order valence-electron chi connectivity index (χ1n) is 10.6. The summed E-state index contributed by atoms with van der Waals surface area (Å²) in [6.45, 7) is 2.20. The van der Waals surface area contributed by atoms with Crippen LogP contribution in [0.15, 0.2) is 30.5 Å². The van der Waals surface area contributed by atoms with Crippen LogP contribution in [0, 0.1) is 6.92 Å². The van der Waals surface area contributed by atoms with Gasteiger partial charge in [-0.3, -0.25) is 0 Å². The van der Waals surface area contributed by atoms with Gasteiger partial charge in [0.15, 0.2) is 0 Å². The van der Waals surface area contributed by atoms with E-state index in [1.807, 2.05) is 36.2 Å². The third-order valence-corrected chi connectivity index (χ3v) is 5.99. The number of hydrogen-bond acceptors (Lipinski definition) is 6. The number of rotatable bonds is 6. The van der Waals surface area contributed by atoms with Crippen molar-refractivity contribution < 1.29 is 17.9 Å². The molecule has 11 heteroatoms. The van der Waals surface area contributed by atoms with Crippen LogP contribution in [0.5, 0.6) is 5.88 Å². The highest BCUT2D eigenvalue weighted by molar-refractivity contribution is 5.89. The van der Waals surface area contributed by atoms with E-state index in [1.165, 1.54) is 11.7 Å². The van der Waals surface area contributed by atoms with Crippen molar-refractivity contribution in [3.05, 3.63) is 36.3 Å². The molecule has 1 aliphatic heterocycles. The van der Waals surface area contributed by atoms with Crippen LogP contribution in [0.3, 0.4) is 0 Å². The van der Waals surface area contributed by atoms with Crippen LogP contribution in [0.1, 0.15) is 5.82 Å². The molecule has 0 bridgehead atoms. The minimum absolute atomic E-state index is 0.269. The Bertz CT molecular complexity index is 1320. The van der Waals surface area contributed by atoms with E-state index in [4.69, 9.17) is 4.74 Å². The summed E-state index contributed by atoms with van der Waals surface area (Å²) in [5, 5.41) is 7.56. The molecule has 8 nitrogen and oxygen atoms in total. The molecular weight excluding hydrogens is 435 g/mol. The Labute approximate surface area is 188 Å². The lowest BCUT2D eigenvalue weighted by Gasteiger charge is -2.15. The van der Waals surface area contributed by atoms with Gasteiger partial charge in [-0.1, -0.05) is 6.07 Å². The number of nitrogens with one attached hydrogen (secondary N) is 1. The van der Waals surface area contributed by atoms with Crippen molar-refractivity contribution in [2.24, 2.45) is 0 Å². The largest absolute Gasteiger partial charge is 0.479 e. The molecule has 0 aliphatic carbocycles. The number of anilines is 1. The standard InChI is InChI=1S/C22H24F3N7O/c1-12-26-16-5-4-13(8-18(16)31(12)11-19(24)25)14-6-7-32-20(14)21(33-3)28-22(29-32)27-17-10-30(2)9-15(17)23/h4-8,15,17,19H,9-11H2,1-3H3,(H,27,29)/t15-,17+/m0/s1. The molecule has 4 heterocycles. The quantitative estimate of drug-likeness (QED) is 0.477. The maximum atomic E-state index is 14.2. The summed E-state index contributed by atoms with van der Waals surface area (Å²) < 4.78 is 49.1. The van der Waals surface area contributed by atoms with Crippen molar-refractivity contribution in [1.29, 1.82) is 0 Å². The Morgan fingerprint density at radius 2 is 2.03 bits per heavy atom. The minimum atomic E-state index is -2.48. The van der Waals surface area contributed by atoms with Crippen LogP contribution in [0.4, 0.5) is 19.1 Å². The van der Waals surface area contributed by atoms with E-state index in [0.717, 1.165) is 11.1 Å². The fourth-order valence-corrected chi connectivity index (χ4v) is 4.46. The van der Waals surface area contributed by atoms with Crippen molar-refractivity contribution in [3.63, 3.8) is 0 Å². The number of nitrogens with zero attached hydrogens (tertiary/aromatic N) is 6. The highest BCUT2D eigenvalue weighted by atomic mass is 19.3. The van der Waals surface area contributed by atoms with Crippen LogP contribution >= 0.6 is 0 Å². The molecule has 0 spiro atoms. The maximum Gasteiger partial charge on any atom is 0.256 e. The molecule has 1 saturated heterocycles. The third-order valence-electron chi connectivity index (χ3n) is 5.99. The second-order valence-corrected chi connectivity index (χ2v) is 8.32. The molecule has 1 aliphatic rings. The Morgan fingerprint density at radius 1 is 1.21 bits per heavy atom. The van der Waals surface area contributed by atoms with Gasteiger partial charge in [-0.15, -0.1) is 5.10 Å². The summed E-state index contributed by atoms with van der Waals surface area (Å²) in [5.41, 5.74) is 3.48. The molecule has 3 aromatic heterocycles. The lowest BCUT2D eigenvalue weighted by molar-refractivity contribution is 0.127. The molecule has 1 N–H and O–H groups in total. The van der Waals surface area contributed by atoms with Gasteiger partial charge in [0, 0.05) is 24.8 Å². The number of aryl methyl sites for hydroxylation is 1. The average Bonchev–Trinajstić information content (AvgIpc) is 3.42. The maximum absolute atomic E-state index is 14.2. The molecule has 0 unspecified atom stereocenters. The van der Waals surface area contributed by atoms with E-state index in [-0.39, 0.29) is 5.95 Å². The van der Waals surface area contributed by atoms with Crippen molar-refractivity contribution in [3.8, 4) is 17.0 Å². The van der Waals surface area contributed by atoms with E-state index in [0.29, 0.717) is 41.3 Å². The molecule has 4 aromatic rings. The van der Waals surface area contributed by atoms with E-state index >= 15 is 0 Å². The van der Waals surface area contributed by atoms with Crippen molar-refractivity contribution in [2.75, 3.05) is 32.6 Å². The van der Waals surface area contributed by atoms with E-state index in [9.17, 15) is 13.2 Å². The van der Waals surface area contributed by atoms with Gasteiger partial charge in [-0.2, -0.15) is 4.98 Å². The zero-order valence-electron chi connectivity index (χ0n) is 18.5. The number of aromatic nitrogens is 5. The predicted molar refractivity (Wildman–Crippen MR) is 119 cm³/mol. The Morgan fingerprint density at radius 3 is 2.73 bits per heavy atom. The van der Waals surface area contributed by atoms with Gasteiger partial charge in [0.2, 0.25) is 11.8 Å². The summed E-state index contributed by atoms with van der Waals surface area (Å²) in [5.74, 6) is 1.13. The van der Waals surface area contributed by atoms with Gasteiger partial charge in [-0.25, -0.2) is 22.7 Å². The number of imidazole rings is 1. The molecule has 2 atom stereocenters. The molecule has 0 radical (unpaired) electrons. The SMILES string of the molecule is COc1nc(N[C@@H]2CN(C)C[C@@H]2F)nn2ccc(-c3ccc4nc(C)n(CC(F)F)c4c3)c12. The molecule has 5 rings (SSSR count). The average molecular weight is 459 g/mol. The summed E-state index contributed by atoms with van der Waals surface area (Å²) in [7, 11) is 3.37. The first-order chi connectivity index (χ1) is 15.8. The molecule has 33 heavy (non-hydrogen) atoms. The second-order valence-electron chi connectivity index (χ2n) is 8.32. The normalized spacial score (nSPS) is 19.2. The third kappa shape index (κ3) is 3.86. The molecule has 174 valence electrons. The lowest BCUT2D eigenvalue weighted by Crippen LogP contribution is -2.30. The first kappa shape index (κ1) is 21.5. The highest BCUT2D eigenvalue weighted by Crippen LogP contribution is 2.33. The van der Waals surface area contributed by atoms with Crippen LogP contribution in [-0.4, -0.2) is 74.9 Å². The van der Waals surface area contributed by atoms with Gasteiger partial charge in [0.25, 0.3) is 6.43 Å². The smallest absolute Gasteiger partial charge is 0.256 e. The van der Waals surface area contributed by atoms with Gasteiger partial charge >= 0.3 is 0 Å². The number of halogens is 3. The van der Waals surface area contributed by atoms with Crippen LogP contribution in [0.25, 0.3) is 27.7 Å². The van der Waals surface area contributed by atoms with Gasteiger partial charge < -0.3 is 19.5 Å². The van der Waals surface area contributed by atoms with Crippen LogP contribution < -0.4 is 10.1 Å². The zero-order valence-corrected chi connectivity index (χ0v) is 18.5. The van der Waals surface area contributed by atoms with Crippen molar-refractivity contribution in [1.82, 2.24) is 29.0 Å². The second kappa shape index (κ2) is 8.22. The first-order valence-corrected chi connectivity index (χ1v) is 10.6. The topological polar surface area (TPSA) is 72.5 Å². The number of likely N-dealkylation sites (tertiary alicyclic amines) is 1. The molecule has 1 aromatic carbocycles. The Kier molecular flexibility index (Phi) is 5.35. The van der Waals surface area contributed by atoms with Gasteiger partial charge in [0.1, 0.15) is 17.5 Å². The van der Waals surface area contributed by atoms with Gasteiger partial charge in [0.05, 0.1) is 30.7 Å². The van der Waals surface area contributed by atoms with Crippen molar-refractivity contribution >= 4 is 22.5 Å². The zero-order chi connectivity index (χ0) is 23.3. The lowest BCUT2D eigenvalue weighted by atomic mass is 10.1. The number of benzene rings is 1. The molecule has 0 saturated carbocycles. The van der Waals surface area contributed by atoms with Gasteiger partial charge in [-0.05, 0) is 37.7 Å². The summed E-state index contributed by atoms with van der Waals surface area (Å²) in [4.78, 5) is 10.8. The summed E-state index contributed by atoms with van der Waals surface area (Å²) in [6.07, 6.45) is -1.74. The highest BCUT2D eigenvalue weighted by Gasteiger charge is 2.31. The fourth-order valence-electron chi connectivity index (χ4n) is 4.46. The monoisotopic (exact) mass is 459 g/mol. The minimum Gasteiger partial charge on any atom is -0.479 e. The van der Waals surface area contributed by atoms with Crippen LogP contribution in [-0.2, 0) is 6.54 Å². The van der Waals surface area contributed by atoms with Crippen molar-refractivity contribution in [2.45, 2.75) is 32.1 Å². The molecular formula is C22H24F3N7O. The fraction of sp³-hybridized carbons (Fsp3) is 0.409. The number of alkyl halides is 3. The summed E-state index contributed by atoms with van der Waals surface area (Å²) in [6, 6.07) is 6.97. The predicted octanol–water partition coefficient (Wildman–Crippen LogP) is 3.39. The van der Waals surface area contributed by atoms with E-state index < -0.39 is 25.2 Å². The van der Waals surface area contributed by atoms with E-state index in [2.05, 4.69) is 20.4 Å². The Hall–Kier alpha value is -3.34. The molecule has 0 amide bonds. The molecule has 1 fully saturated rings. The number of ether oxygens (including phenoxy) is 1. The number of hydrogen-bond donors (Lipinski definition) is 1.